The molecule has 6 nitrogen and oxygen atoms in total. The Morgan fingerprint density at radius 2 is 1.90 bits per heavy atom. The van der Waals surface area contributed by atoms with Crippen molar-refractivity contribution < 1.29 is 22.3 Å². The van der Waals surface area contributed by atoms with Gasteiger partial charge in [0.15, 0.2) is 5.82 Å². The molecule has 158 valence electrons. The summed E-state index contributed by atoms with van der Waals surface area (Å²) in [5, 5.41) is 6.10. The fourth-order valence-corrected chi connectivity index (χ4v) is 3.39. The third-order valence-electron chi connectivity index (χ3n) is 4.83. The first-order valence-corrected chi connectivity index (χ1v) is 9.43. The van der Waals surface area contributed by atoms with Crippen molar-refractivity contribution in [2.45, 2.75) is 24.9 Å². The van der Waals surface area contributed by atoms with Crippen molar-refractivity contribution in [2.75, 3.05) is 25.0 Å². The summed E-state index contributed by atoms with van der Waals surface area (Å²) in [7, 11) is 0. The summed E-state index contributed by atoms with van der Waals surface area (Å²) in [6.07, 6.45) is -0.523. The number of ether oxygens (including phenoxy) is 1. The Morgan fingerprint density at radius 1 is 1.13 bits per heavy atom. The van der Waals surface area contributed by atoms with Crippen LogP contribution in [0.5, 0.6) is 5.75 Å². The van der Waals surface area contributed by atoms with Gasteiger partial charge in [-0.15, -0.1) is 13.2 Å². The molecule has 1 fully saturated rings. The molecule has 3 aromatic rings. The van der Waals surface area contributed by atoms with Gasteiger partial charge in [0.2, 0.25) is 0 Å². The number of nitrogens with one attached hydrogen (secondary N) is 2. The van der Waals surface area contributed by atoms with Crippen LogP contribution in [0.25, 0.3) is 22.3 Å². The third kappa shape index (κ3) is 4.76. The molecule has 0 radical (unpaired) electrons. The number of nitrogens with zero attached hydrogens (tertiary/aromatic N) is 3. The van der Waals surface area contributed by atoms with E-state index in [1.54, 1.807) is 6.07 Å². The third-order valence-corrected chi connectivity index (χ3v) is 4.83. The van der Waals surface area contributed by atoms with Crippen LogP contribution >= 0.6 is 0 Å². The van der Waals surface area contributed by atoms with Gasteiger partial charge in [0.25, 0.3) is 0 Å². The lowest BCUT2D eigenvalue weighted by Gasteiger charge is -2.30. The molecular formula is C20H19F4N5O. The van der Waals surface area contributed by atoms with Crippen molar-refractivity contribution in [1.82, 2.24) is 20.3 Å². The number of rotatable bonds is 5. The molecule has 0 bridgehead atoms. The maximum absolute atomic E-state index is 15.0. The van der Waals surface area contributed by atoms with Crippen LogP contribution in [0, 0.1) is 0 Å². The second kappa shape index (κ2) is 8.02. The first-order chi connectivity index (χ1) is 14.3. The molecule has 0 aliphatic carbocycles. The van der Waals surface area contributed by atoms with Crippen LogP contribution in [-0.2, 0) is 0 Å². The number of anilines is 1. The number of hydrogen-bond donors (Lipinski definition) is 2. The molecule has 2 N–H and O–H groups in total. The van der Waals surface area contributed by atoms with E-state index >= 15 is 0 Å². The number of benzene rings is 1. The topological polar surface area (TPSA) is 72.0 Å². The SMILES string of the molecule is FC1(CNc2nc(-c3ccc(OC(F)(F)F)cc3)cc3nccnc23)CCCNC1. The Morgan fingerprint density at radius 3 is 2.60 bits per heavy atom. The summed E-state index contributed by atoms with van der Waals surface area (Å²) in [4.78, 5) is 13.1. The van der Waals surface area contributed by atoms with Gasteiger partial charge in [-0.3, -0.25) is 4.98 Å². The van der Waals surface area contributed by atoms with Crippen molar-refractivity contribution in [3.63, 3.8) is 0 Å². The van der Waals surface area contributed by atoms with Gasteiger partial charge in [-0.05, 0) is 49.7 Å². The van der Waals surface area contributed by atoms with E-state index in [0.29, 0.717) is 34.5 Å². The predicted molar refractivity (Wildman–Crippen MR) is 104 cm³/mol. The molecule has 30 heavy (non-hydrogen) atoms. The lowest BCUT2D eigenvalue weighted by atomic mass is 9.96. The van der Waals surface area contributed by atoms with Crippen molar-refractivity contribution in [3.05, 3.63) is 42.7 Å². The van der Waals surface area contributed by atoms with Crippen LogP contribution in [0.2, 0.25) is 0 Å². The smallest absolute Gasteiger partial charge is 0.406 e. The molecule has 2 aromatic heterocycles. The summed E-state index contributed by atoms with van der Waals surface area (Å²) in [6.45, 7) is 1.10. The standard InChI is InChI=1S/C20H19F4N5O/c21-19(6-1-7-25-11-19)12-28-18-17-16(26-8-9-27-17)10-15(29-18)13-2-4-14(5-3-13)30-20(22,23)24/h2-5,8-10,25H,1,6-7,11-12H2,(H,28,29). The minimum absolute atomic E-state index is 0.0560. The fraction of sp³-hybridized carbons (Fsp3) is 0.350. The Bertz CT molecular complexity index is 1020. The quantitative estimate of drug-likeness (QED) is 0.605. The van der Waals surface area contributed by atoms with Crippen molar-refractivity contribution in [2.24, 2.45) is 0 Å². The molecule has 0 amide bonds. The summed E-state index contributed by atoms with van der Waals surface area (Å²) < 4.78 is 56.0. The van der Waals surface area contributed by atoms with Crippen molar-refractivity contribution in [1.29, 1.82) is 0 Å². The lowest BCUT2D eigenvalue weighted by Crippen LogP contribution is -2.46. The van der Waals surface area contributed by atoms with Gasteiger partial charge in [-0.25, -0.2) is 14.4 Å². The van der Waals surface area contributed by atoms with Crippen LogP contribution in [0.1, 0.15) is 12.8 Å². The summed E-state index contributed by atoms with van der Waals surface area (Å²) in [5.74, 6) is 0.0446. The molecule has 4 rings (SSSR count). The Balaban J connectivity index is 1.63. The molecule has 1 aliphatic heterocycles. The minimum Gasteiger partial charge on any atom is -0.406 e. The molecule has 0 spiro atoms. The molecule has 1 atom stereocenters. The van der Waals surface area contributed by atoms with E-state index < -0.39 is 12.0 Å². The van der Waals surface area contributed by atoms with E-state index in [2.05, 4.69) is 30.3 Å². The largest absolute Gasteiger partial charge is 0.573 e. The van der Waals surface area contributed by atoms with Crippen LogP contribution in [-0.4, -0.2) is 46.6 Å². The number of fused-ring (bicyclic) bond motifs is 1. The van der Waals surface area contributed by atoms with E-state index in [4.69, 9.17) is 0 Å². The lowest BCUT2D eigenvalue weighted by molar-refractivity contribution is -0.274. The van der Waals surface area contributed by atoms with Gasteiger partial charge in [-0.1, -0.05) is 0 Å². The average Bonchev–Trinajstić information content (AvgIpc) is 2.72. The maximum atomic E-state index is 15.0. The normalized spacial score (nSPS) is 19.6. The Hall–Kier alpha value is -3.01. The van der Waals surface area contributed by atoms with Crippen LogP contribution in [0.15, 0.2) is 42.7 Å². The number of pyridine rings is 1. The second-order valence-electron chi connectivity index (χ2n) is 7.14. The van der Waals surface area contributed by atoms with Crippen molar-refractivity contribution >= 4 is 16.9 Å². The summed E-state index contributed by atoms with van der Waals surface area (Å²) in [5.41, 5.74) is 0.662. The number of aromatic nitrogens is 3. The monoisotopic (exact) mass is 421 g/mol. The van der Waals surface area contributed by atoms with Crippen molar-refractivity contribution in [3.8, 4) is 17.0 Å². The highest BCUT2D eigenvalue weighted by atomic mass is 19.4. The van der Waals surface area contributed by atoms with Gasteiger partial charge in [0.05, 0.1) is 17.8 Å². The zero-order chi connectivity index (χ0) is 21.2. The van der Waals surface area contributed by atoms with Gasteiger partial charge in [-0.2, -0.15) is 0 Å². The fourth-order valence-electron chi connectivity index (χ4n) is 3.39. The Labute approximate surface area is 169 Å². The highest BCUT2D eigenvalue weighted by molar-refractivity contribution is 5.88. The van der Waals surface area contributed by atoms with E-state index in [-0.39, 0.29) is 18.8 Å². The summed E-state index contributed by atoms with van der Waals surface area (Å²) in [6, 6.07) is 7.04. The zero-order valence-electron chi connectivity index (χ0n) is 15.8. The summed E-state index contributed by atoms with van der Waals surface area (Å²) >= 11 is 0. The highest BCUT2D eigenvalue weighted by Gasteiger charge is 2.32. The van der Waals surface area contributed by atoms with E-state index in [1.165, 1.54) is 36.7 Å². The molecule has 1 unspecified atom stereocenters. The van der Waals surface area contributed by atoms with E-state index in [0.717, 1.165) is 13.0 Å². The molecule has 1 aromatic carbocycles. The highest BCUT2D eigenvalue weighted by Crippen LogP contribution is 2.29. The van der Waals surface area contributed by atoms with E-state index in [1.807, 2.05) is 0 Å². The molecule has 3 heterocycles. The number of halogens is 4. The molecule has 10 heteroatoms. The van der Waals surface area contributed by atoms with Crippen LogP contribution in [0.3, 0.4) is 0 Å². The minimum atomic E-state index is -4.76. The Kier molecular flexibility index (Phi) is 5.42. The van der Waals surface area contributed by atoms with E-state index in [9.17, 15) is 17.6 Å². The van der Waals surface area contributed by atoms with Gasteiger partial charge in [0.1, 0.15) is 16.9 Å². The first-order valence-electron chi connectivity index (χ1n) is 9.43. The van der Waals surface area contributed by atoms with Crippen LogP contribution < -0.4 is 15.4 Å². The number of piperidine rings is 1. The molecule has 0 saturated carbocycles. The average molecular weight is 421 g/mol. The second-order valence-corrected chi connectivity index (χ2v) is 7.14. The number of hydrogen-bond acceptors (Lipinski definition) is 6. The van der Waals surface area contributed by atoms with Gasteiger partial charge >= 0.3 is 6.36 Å². The van der Waals surface area contributed by atoms with Crippen LogP contribution in [0.4, 0.5) is 23.4 Å². The number of alkyl halides is 4. The van der Waals surface area contributed by atoms with Gasteiger partial charge < -0.3 is 15.4 Å². The zero-order valence-corrected chi connectivity index (χ0v) is 15.8. The molecule has 1 saturated heterocycles. The first kappa shape index (κ1) is 20.3. The molecule has 1 aliphatic rings. The maximum Gasteiger partial charge on any atom is 0.573 e. The predicted octanol–water partition coefficient (Wildman–Crippen LogP) is 4.09. The van der Waals surface area contributed by atoms with Gasteiger partial charge in [0, 0.05) is 24.5 Å². The molecular weight excluding hydrogens is 402 g/mol.